The van der Waals surface area contributed by atoms with Gasteiger partial charge in [0.1, 0.15) is 17.2 Å². The van der Waals surface area contributed by atoms with E-state index in [9.17, 15) is 18.0 Å². The fraction of sp³-hybridized carbons (Fsp3) is 0.200. The summed E-state index contributed by atoms with van der Waals surface area (Å²) in [7, 11) is 1.34. The summed E-state index contributed by atoms with van der Waals surface area (Å²) in [5, 5.41) is 8.82. The summed E-state index contributed by atoms with van der Waals surface area (Å²) in [6.07, 6.45) is -5.22. The average molecular weight is 327 g/mol. The average Bonchev–Trinajstić information content (AvgIpc) is 2.45. The standard InChI is InChI=1S/C15H12F3NO4/c1-22-12-7-6-9(8-13(20)21)19-14(12)10-4-2-3-5-11(10)23-15(16,17)18/h2-7H,8H2,1H3,(H,20,21). The van der Waals surface area contributed by atoms with Crippen LogP contribution in [0, 0.1) is 0 Å². The first-order chi connectivity index (χ1) is 10.8. The van der Waals surface area contributed by atoms with Gasteiger partial charge in [-0.15, -0.1) is 13.2 Å². The highest BCUT2D eigenvalue weighted by molar-refractivity contribution is 5.74. The Kier molecular flexibility index (Phi) is 4.73. The molecule has 1 aromatic heterocycles. The summed E-state index contributed by atoms with van der Waals surface area (Å²) in [6.45, 7) is 0. The molecule has 0 saturated heterocycles. The van der Waals surface area contributed by atoms with Crippen LogP contribution in [0.2, 0.25) is 0 Å². The lowest BCUT2D eigenvalue weighted by molar-refractivity contribution is -0.274. The highest BCUT2D eigenvalue weighted by Crippen LogP contribution is 2.37. The molecule has 0 unspecified atom stereocenters. The van der Waals surface area contributed by atoms with Gasteiger partial charge in [0.2, 0.25) is 0 Å². The van der Waals surface area contributed by atoms with E-state index in [1.807, 2.05) is 0 Å². The number of ether oxygens (including phenoxy) is 2. The predicted molar refractivity (Wildman–Crippen MR) is 74.2 cm³/mol. The Morgan fingerprint density at radius 2 is 1.87 bits per heavy atom. The van der Waals surface area contributed by atoms with Crippen LogP contribution >= 0.6 is 0 Å². The number of aromatic nitrogens is 1. The van der Waals surface area contributed by atoms with Crippen molar-refractivity contribution in [1.82, 2.24) is 4.98 Å². The predicted octanol–water partition coefficient (Wildman–Crippen LogP) is 3.28. The van der Waals surface area contributed by atoms with Gasteiger partial charge in [-0.3, -0.25) is 4.79 Å². The monoisotopic (exact) mass is 327 g/mol. The second kappa shape index (κ2) is 6.55. The molecule has 0 fully saturated rings. The molecule has 2 rings (SSSR count). The van der Waals surface area contributed by atoms with Gasteiger partial charge in [-0.05, 0) is 24.3 Å². The number of benzene rings is 1. The molecule has 1 N–H and O–H groups in total. The summed E-state index contributed by atoms with van der Waals surface area (Å²) in [6, 6.07) is 8.32. The molecule has 0 spiro atoms. The maximum Gasteiger partial charge on any atom is 0.573 e. The highest BCUT2D eigenvalue weighted by Gasteiger charge is 2.32. The van der Waals surface area contributed by atoms with Crippen molar-refractivity contribution >= 4 is 5.97 Å². The van der Waals surface area contributed by atoms with E-state index in [0.29, 0.717) is 0 Å². The minimum atomic E-state index is -4.86. The van der Waals surface area contributed by atoms with Gasteiger partial charge in [0.25, 0.3) is 0 Å². The lowest BCUT2D eigenvalue weighted by Gasteiger charge is -2.15. The number of nitrogens with zero attached hydrogens (tertiary/aromatic N) is 1. The van der Waals surface area contributed by atoms with Gasteiger partial charge >= 0.3 is 12.3 Å². The van der Waals surface area contributed by atoms with Gasteiger partial charge in [0.15, 0.2) is 0 Å². The molecule has 2 aromatic rings. The first kappa shape index (κ1) is 16.6. The van der Waals surface area contributed by atoms with Crippen LogP contribution < -0.4 is 9.47 Å². The van der Waals surface area contributed by atoms with E-state index in [-0.39, 0.29) is 29.1 Å². The van der Waals surface area contributed by atoms with E-state index >= 15 is 0 Å². The van der Waals surface area contributed by atoms with Crippen LogP contribution in [0.4, 0.5) is 13.2 Å². The largest absolute Gasteiger partial charge is 0.573 e. The Hall–Kier alpha value is -2.77. The molecule has 1 heterocycles. The molecule has 0 saturated carbocycles. The fourth-order valence-electron chi connectivity index (χ4n) is 1.97. The summed E-state index contributed by atoms with van der Waals surface area (Å²) in [5.74, 6) is -1.34. The Morgan fingerprint density at radius 1 is 1.17 bits per heavy atom. The normalized spacial score (nSPS) is 11.1. The van der Waals surface area contributed by atoms with Crippen molar-refractivity contribution in [2.45, 2.75) is 12.8 Å². The van der Waals surface area contributed by atoms with Crippen molar-refractivity contribution in [1.29, 1.82) is 0 Å². The highest BCUT2D eigenvalue weighted by atomic mass is 19.4. The molecule has 5 nitrogen and oxygen atoms in total. The van der Waals surface area contributed by atoms with E-state index in [2.05, 4.69) is 9.72 Å². The minimum Gasteiger partial charge on any atom is -0.494 e. The summed E-state index contributed by atoms with van der Waals surface area (Å²) in [4.78, 5) is 14.9. The number of aliphatic carboxylic acids is 1. The van der Waals surface area contributed by atoms with Gasteiger partial charge in [0.05, 0.1) is 19.2 Å². The number of carboxylic acids is 1. The van der Waals surface area contributed by atoms with E-state index in [0.717, 1.165) is 6.07 Å². The summed E-state index contributed by atoms with van der Waals surface area (Å²) in [5.41, 5.74) is 0.315. The van der Waals surface area contributed by atoms with Crippen LogP contribution in [0.3, 0.4) is 0 Å². The van der Waals surface area contributed by atoms with Crippen LogP contribution in [-0.4, -0.2) is 29.5 Å². The van der Waals surface area contributed by atoms with Crippen LogP contribution in [-0.2, 0) is 11.2 Å². The zero-order valence-electron chi connectivity index (χ0n) is 11.9. The number of carbonyl (C=O) groups is 1. The second-order valence-electron chi connectivity index (χ2n) is 4.47. The number of alkyl halides is 3. The van der Waals surface area contributed by atoms with Crippen LogP contribution in [0.5, 0.6) is 11.5 Å². The second-order valence-corrected chi connectivity index (χ2v) is 4.47. The molecular formula is C15H12F3NO4. The van der Waals surface area contributed by atoms with Crippen LogP contribution in [0.15, 0.2) is 36.4 Å². The maximum absolute atomic E-state index is 12.5. The van der Waals surface area contributed by atoms with E-state index < -0.39 is 18.1 Å². The van der Waals surface area contributed by atoms with Crippen molar-refractivity contribution in [3.63, 3.8) is 0 Å². The Balaban J connectivity index is 2.54. The van der Waals surface area contributed by atoms with Crippen molar-refractivity contribution in [2.24, 2.45) is 0 Å². The molecule has 8 heteroatoms. The summed E-state index contributed by atoms with van der Waals surface area (Å²) >= 11 is 0. The summed E-state index contributed by atoms with van der Waals surface area (Å²) < 4.78 is 46.7. The van der Waals surface area contributed by atoms with E-state index in [4.69, 9.17) is 9.84 Å². The third-order valence-electron chi connectivity index (χ3n) is 2.84. The smallest absolute Gasteiger partial charge is 0.494 e. The molecule has 0 atom stereocenters. The molecule has 0 amide bonds. The van der Waals surface area contributed by atoms with Crippen LogP contribution in [0.1, 0.15) is 5.69 Å². The number of hydrogen-bond acceptors (Lipinski definition) is 4. The number of carboxylic acid groups (broad SMARTS) is 1. The van der Waals surface area contributed by atoms with Crippen LogP contribution in [0.25, 0.3) is 11.3 Å². The topological polar surface area (TPSA) is 68.7 Å². The van der Waals surface area contributed by atoms with Gasteiger partial charge in [-0.25, -0.2) is 4.98 Å². The lowest BCUT2D eigenvalue weighted by Crippen LogP contribution is -2.17. The molecule has 0 aliphatic heterocycles. The number of pyridine rings is 1. The van der Waals surface area contributed by atoms with Gasteiger partial charge in [0, 0.05) is 5.56 Å². The minimum absolute atomic E-state index is 0.0499. The number of rotatable bonds is 5. The molecule has 0 radical (unpaired) electrons. The Labute approximate surface area is 129 Å². The van der Waals surface area contributed by atoms with Crippen molar-refractivity contribution in [3.05, 3.63) is 42.1 Å². The molecular weight excluding hydrogens is 315 g/mol. The first-order valence-corrected chi connectivity index (χ1v) is 6.41. The lowest BCUT2D eigenvalue weighted by atomic mass is 10.1. The van der Waals surface area contributed by atoms with E-state index in [1.54, 1.807) is 0 Å². The number of halogens is 3. The zero-order valence-corrected chi connectivity index (χ0v) is 11.9. The number of hydrogen-bond donors (Lipinski definition) is 1. The van der Waals surface area contributed by atoms with E-state index in [1.165, 1.54) is 37.4 Å². The quantitative estimate of drug-likeness (QED) is 0.913. The SMILES string of the molecule is COc1ccc(CC(=O)O)nc1-c1ccccc1OC(F)(F)F. The Bertz CT molecular complexity index is 716. The molecule has 1 aromatic carbocycles. The zero-order chi connectivity index (χ0) is 17.0. The number of methoxy groups -OCH3 is 1. The van der Waals surface area contributed by atoms with Crippen molar-refractivity contribution in [2.75, 3.05) is 7.11 Å². The third-order valence-corrected chi connectivity index (χ3v) is 2.84. The molecule has 122 valence electrons. The molecule has 0 aliphatic rings. The Morgan fingerprint density at radius 3 is 2.48 bits per heavy atom. The van der Waals surface area contributed by atoms with Gasteiger partial charge in [-0.1, -0.05) is 12.1 Å². The molecule has 0 aliphatic carbocycles. The van der Waals surface area contributed by atoms with Crippen molar-refractivity contribution in [3.8, 4) is 22.8 Å². The molecule has 23 heavy (non-hydrogen) atoms. The molecule has 0 bridgehead atoms. The van der Waals surface area contributed by atoms with Crippen molar-refractivity contribution < 1.29 is 32.5 Å². The first-order valence-electron chi connectivity index (χ1n) is 6.41. The fourth-order valence-corrected chi connectivity index (χ4v) is 1.97. The third kappa shape index (κ3) is 4.35. The number of para-hydroxylation sites is 1. The van der Waals surface area contributed by atoms with Gasteiger partial charge < -0.3 is 14.6 Å². The van der Waals surface area contributed by atoms with Gasteiger partial charge in [-0.2, -0.15) is 0 Å². The maximum atomic E-state index is 12.5.